The van der Waals surface area contributed by atoms with Crippen LogP contribution < -0.4 is 19.7 Å². The van der Waals surface area contributed by atoms with Crippen LogP contribution in [0.25, 0.3) is 0 Å². The maximum Gasteiger partial charge on any atom is 0.325 e. The zero-order chi connectivity index (χ0) is 17.9. The number of nitrogens with one attached hydrogen (secondary N) is 1. The normalized spacial score (nSPS) is 16.1. The van der Waals surface area contributed by atoms with Crippen molar-refractivity contribution < 1.29 is 19.1 Å². The number of ether oxygens (including phenoxy) is 2. The molecule has 7 nitrogen and oxygen atoms in total. The highest BCUT2D eigenvalue weighted by Gasteiger charge is 2.31. The Morgan fingerprint density at radius 3 is 2.81 bits per heavy atom. The largest absolute Gasteiger partial charge is 0.486 e. The summed E-state index contributed by atoms with van der Waals surface area (Å²) in [5.74, 6) is 1.18. The summed E-state index contributed by atoms with van der Waals surface area (Å²) in [5.41, 5.74) is 0.751. The third-order valence-electron chi connectivity index (χ3n) is 4.31. The fraction of sp³-hybridized carbons (Fsp3) is 0.333. The molecule has 1 fully saturated rings. The molecule has 0 unspecified atom stereocenters. The van der Waals surface area contributed by atoms with Crippen molar-refractivity contribution in [3.63, 3.8) is 0 Å². The van der Waals surface area contributed by atoms with E-state index in [0.717, 1.165) is 10.6 Å². The minimum atomic E-state index is -0.173. The molecule has 136 valence electrons. The minimum absolute atomic E-state index is 0.0608. The Kier molecular flexibility index (Phi) is 4.66. The van der Waals surface area contributed by atoms with E-state index in [9.17, 15) is 9.59 Å². The zero-order valence-corrected chi connectivity index (χ0v) is 15.0. The molecule has 0 spiro atoms. The molecule has 2 aliphatic rings. The molecule has 0 bridgehead atoms. The monoisotopic (exact) mass is 373 g/mol. The summed E-state index contributed by atoms with van der Waals surface area (Å²) in [5, 5.41) is 4.82. The number of anilines is 1. The summed E-state index contributed by atoms with van der Waals surface area (Å²) in [6.07, 6.45) is 0. The second kappa shape index (κ2) is 7.25. The number of carbonyl (C=O) groups excluding carboxylic acids is 2. The average molecular weight is 373 g/mol. The van der Waals surface area contributed by atoms with Gasteiger partial charge in [-0.05, 0) is 23.6 Å². The molecule has 1 aromatic carbocycles. The van der Waals surface area contributed by atoms with Gasteiger partial charge in [0.2, 0.25) is 5.91 Å². The van der Waals surface area contributed by atoms with Gasteiger partial charge in [-0.2, -0.15) is 0 Å². The maximum absolute atomic E-state index is 12.6. The molecule has 8 heteroatoms. The Balaban J connectivity index is 1.36. The van der Waals surface area contributed by atoms with Gasteiger partial charge in [0.05, 0.1) is 6.54 Å². The number of fused-ring (bicyclic) bond motifs is 1. The molecule has 2 aromatic rings. The quantitative estimate of drug-likeness (QED) is 0.871. The Bertz CT molecular complexity index is 809. The van der Waals surface area contributed by atoms with Crippen molar-refractivity contribution in [2.45, 2.75) is 6.54 Å². The van der Waals surface area contributed by atoms with Gasteiger partial charge in [-0.3, -0.25) is 9.69 Å². The first-order chi connectivity index (χ1) is 12.7. The van der Waals surface area contributed by atoms with Crippen LogP contribution in [0.15, 0.2) is 35.7 Å². The summed E-state index contributed by atoms with van der Waals surface area (Å²) in [6.45, 7) is 2.64. The molecule has 3 amide bonds. The number of rotatable bonds is 5. The summed E-state index contributed by atoms with van der Waals surface area (Å²) in [6, 6.07) is 9.20. The Labute approximate surface area is 155 Å². The highest BCUT2D eigenvalue weighted by atomic mass is 32.1. The second-order valence-electron chi connectivity index (χ2n) is 6.04. The van der Waals surface area contributed by atoms with E-state index in [4.69, 9.17) is 9.47 Å². The number of thiophene rings is 1. The predicted molar refractivity (Wildman–Crippen MR) is 97.9 cm³/mol. The number of carbonyl (C=O) groups is 2. The molecule has 2 aliphatic heterocycles. The van der Waals surface area contributed by atoms with Crippen molar-refractivity contribution in [3.8, 4) is 11.5 Å². The highest BCUT2D eigenvalue weighted by Crippen LogP contribution is 2.34. The van der Waals surface area contributed by atoms with Gasteiger partial charge in [-0.1, -0.05) is 6.07 Å². The van der Waals surface area contributed by atoms with Crippen molar-refractivity contribution in [1.29, 1.82) is 0 Å². The van der Waals surface area contributed by atoms with E-state index in [2.05, 4.69) is 5.32 Å². The maximum atomic E-state index is 12.6. The number of hydrogen-bond donors (Lipinski definition) is 1. The molecular weight excluding hydrogens is 354 g/mol. The van der Waals surface area contributed by atoms with Crippen molar-refractivity contribution in [2.24, 2.45) is 0 Å². The second-order valence-corrected chi connectivity index (χ2v) is 7.07. The Morgan fingerprint density at radius 1 is 1.15 bits per heavy atom. The van der Waals surface area contributed by atoms with Crippen molar-refractivity contribution in [1.82, 2.24) is 10.2 Å². The van der Waals surface area contributed by atoms with Crippen LogP contribution in [0.5, 0.6) is 11.5 Å². The minimum Gasteiger partial charge on any atom is -0.486 e. The van der Waals surface area contributed by atoms with Crippen LogP contribution in [0.2, 0.25) is 0 Å². The summed E-state index contributed by atoms with van der Waals surface area (Å²) >= 11 is 1.59. The molecular formula is C18H19N3O4S. The zero-order valence-electron chi connectivity index (χ0n) is 14.1. The molecule has 4 rings (SSSR count). The van der Waals surface area contributed by atoms with Gasteiger partial charge in [0.1, 0.15) is 19.8 Å². The van der Waals surface area contributed by atoms with E-state index in [1.165, 1.54) is 0 Å². The average Bonchev–Trinajstić information content (AvgIpc) is 3.30. The summed E-state index contributed by atoms with van der Waals surface area (Å²) < 4.78 is 11.1. The smallest absolute Gasteiger partial charge is 0.325 e. The van der Waals surface area contributed by atoms with Crippen LogP contribution in [0, 0.1) is 0 Å². The first-order valence-corrected chi connectivity index (χ1v) is 9.34. The first kappa shape index (κ1) is 16.7. The summed E-state index contributed by atoms with van der Waals surface area (Å²) in [7, 11) is 0. The van der Waals surface area contributed by atoms with Crippen molar-refractivity contribution in [2.75, 3.05) is 37.7 Å². The molecule has 1 saturated heterocycles. The van der Waals surface area contributed by atoms with Gasteiger partial charge >= 0.3 is 6.03 Å². The lowest BCUT2D eigenvalue weighted by atomic mass is 10.2. The van der Waals surface area contributed by atoms with Crippen LogP contribution in [-0.4, -0.2) is 49.7 Å². The van der Waals surface area contributed by atoms with Crippen molar-refractivity contribution >= 4 is 29.0 Å². The highest BCUT2D eigenvalue weighted by molar-refractivity contribution is 7.09. The van der Waals surface area contributed by atoms with Crippen LogP contribution in [0.3, 0.4) is 0 Å². The Morgan fingerprint density at radius 2 is 2.00 bits per heavy atom. The van der Waals surface area contributed by atoms with Crippen LogP contribution >= 0.6 is 11.3 Å². The molecule has 0 atom stereocenters. The molecule has 0 radical (unpaired) electrons. The van der Waals surface area contributed by atoms with E-state index < -0.39 is 0 Å². The SMILES string of the molecule is O=C(CN1CCN(c2ccc3c(c2)OCCO3)C1=O)NCc1cccs1. The van der Waals surface area contributed by atoms with Crippen molar-refractivity contribution in [3.05, 3.63) is 40.6 Å². The Hall–Kier alpha value is -2.74. The lowest BCUT2D eigenvalue weighted by molar-refractivity contribution is -0.121. The molecule has 0 saturated carbocycles. The van der Waals surface area contributed by atoms with Gasteiger partial charge in [0, 0.05) is 29.7 Å². The van der Waals surface area contributed by atoms with Gasteiger partial charge in [0.15, 0.2) is 11.5 Å². The summed E-state index contributed by atoms with van der Waals surface area (Å²) in [4.78, 5) is 29.1. The van der Waals surface area contributed by atoms with E-state index in [-0.39, 0.29) is 18.5 Å². The van der Waals surface area contributed by atoms with Crippen LogP contribution in [0.4, 0.5) is 10.5 Å². The topological polar surface area (TPSA) is 71.1 Å². The van der Waals surface area contributed by atoms with E-state index in [1.54, 1.807) is 21.1 Å². The lowest BCUT2D eigenvalue weighted by Gasteiger charge is -2.22. The van der Waals surface area contributed by atoms with Gasteiger partial charge in [0.25, 0.3) is 0 Å². The molecule has 26 heavy (non-hydrogen) atoms. The third kappa shape index (κ3) is 3.45. The van der Waals surface area contributed by atoms with Gasteiger partial charge in [-0.25, -0.2) is 4.79 Å². The predicted octanol–water partition coefficient (Wildman–Crippen LogP) is 2.08. The van der Waals surface area contributed by atoms with E-state index >= 15 is 0 Å². The number of benzene rings is 1. The fourth-order valence-corrected chi connectivity index (χ4v) is 3.64. The standard InChI is InChI=1S/C18H19N3O4S/c22-17(19-11-14-2-1-9-26-14)12-20-5-6-21(18(20)23)13-3-4-15-16(10-13)25-8-7-24-15/h1-4,9-10H,5-8,11-12H2,(H,19,22). The number of amides is 3. The van der Waals surface area contributed by atoms with Gasteiger partial charge < -0.3 is 19.7 Å². The number of urea groups is 1. The van der Waals surface area contributed by atoms with Crippen LogP contribution in [-0.2, 0) is 11.3 Å². The van der Waals surface area contributed by atoms with E-state index in [0.29, 0.717) is 44.3 Å². The molecule has 1 N–H and O–H groups in total. The lowest BCUT2D eigenvalue weighted by Crippen LogP contribution is -2.39. The number of nitrogens with zero attached hydrogens (tertiary/aromatic N) is 2. The van der Waals surface area contributed by atoms with Gasteiger partial charge in [-0.15, -0.1) is 11.3 Å². The fourth-order valence-electron chi connectivity index (χ4n) is 3.00. The van der Waals surface area contributed by atoms with E-state index in [1.807, 2.05) is 35.7 Å². The molecule has 1 aromatic heterocycles. The van der Waals surface area contributed by atoms with Crippen LogP contribution in [0.1, 0.15) is 4.88 Å². The first-order valence-electron chi connectivity index (χ1n) is 8.46. The molecule has 3 heterocycles. The molecule has 0 aliphatic carbocycles. The third-order valence-corrected chi connectivity index (χ3v) is 5.18. The number of hydrogen-bond acceptors (Lipinski definition) is 5.